The number of hydrogen-bond acceptors (Lipinski definition) is 4. The maximum atomic E-state index is 12.3. The molecule has 1 unspecified atom stereocenters. The summed E-state index contributed by atoms with van der Waals surface area (Å²) in [5.74, 6) is -0.423. The van der Waals surface area contributed by atoms with Crippen molar-refractivity contribution in [2.24, 2.45) is 7.05 Å². The Hall–Kier alpha value is -2.63. The zero-order valence-corrected chi connectivity index (χ0v) is 11.0. The van der Waals surface area contributed by atoms with Gasteiger partial charge in [-0.15, -0.1) is 0 Å². The number of benzene rings is 1. The molecule has 0 spiro atoms. The van der Waals surface area contributed by atoms with Gasteiger partial charge in [-0.25, -0.2) is 4.90 Å². The van der Waals surface area contributed by atoms with Crippen molar-refractivity contribution in [3.63, 3.8) is 0 Å². The normalized spacial score (nSPS) is 18.6. The standard InChI is InChI=1S/C14H14N4O2/c1-17-9-10(8-15-17)16-12-7-13(19)18(14(12)20)11-5-3-2-4-6-11/h2-6,8-9,12,16H,7H2,1H3. The van der Waals surface area contributed by atoms with Crippen LogP contribution in [0.1, 0.15) is 6.42 Å². The summed E-state index contributed by atoms with van der Waals surface area (Å²) < 4.78 is 1.64. The Morgan fingerprint density at radius 1 is 1.25 bits per heavy atom. The lowest BCUT2D eigenvalue weighted by Gasteiger charge is -2.15. The van der Waals surface area contributed by atoms with Crippen molar-refractivity contribution >= 4 is 23.2 Å². The first kappa shape index (κ1) is 12.4. The minimum Gasteiger partial charge on any atom is -0.371 e. The van der Waals surface area contributed by atoms with E-state index in [1.54, 1.807) is 48.4 Å². The quantitative estimate of drug-likeness (QED) is 0.850. The van der Waals surface area contributed by atoms with Crippen molar-refractivity contribution < 1.29 is 9.59 Å². The van der Waals surface area contributed by atoms with Crippen molar-refractivity contribution in [3.8, 4) is 0 Å². The average molecular weight is 270 g/mol. The van der Waals surface area contributed by atoms with E-state index in [0.717, 1.165) is 5.69 Å². The molecule has 2 heterocycles. The van der Waals surface area contributed by atoms with Crippen molar-refractivity contribution in [1.82, 2.24) is 9.78 Å². The van der Waals surface area contributed by atoms with Crippen LogP contribution < -0.4 is 10.2 Å². The van der Waals surface area contributed by atoms with E-state index in [1.165, 1.54) is 4.90 Å². The van der Waals surface area contributed by atoms with Gasteiger partial charge in [0.25, 0.3) is 5.91 Å². The van der Waals surface area contributed by atoms with Gasteiger partial charge in [0.2, 0.25) is 5.91 Å². The van der Waals surface area contributed by atoms with Gasteiger partial charge in [-0.1, -0.05) is 18.2 Å². The zero-order valence-electron chi connectivity index (χ0n) is 11.0. The Kier molecular flexibility index (Phi) is 2.98. The minimum absolute atomic E-state index is 0.155. The predicted octanol–water partition coefficient (Wildman–Crippen LogP) is 1.16. The highest BCUT2D eigenvalue weighted by Crippen LogP contribution is 2.24. The summed E-state index contributed by atoms with van der Waals surface area (Å²) in [6.45, 7) is 0. The number of carbonyl (C=O) groups is 2. The first-order valence-corrected chi connectivity index (χ1v) is 6.32. The zero-order chi connectivity index (χ0) is 14.1. The third-order valence-electron chi connectivity index (χ3n) is 3.21. The molecule has 1 N–H and O–H groups in total. The third kappa shape index (κ3) is 2.16. The van der Waals surface area contributed by atoms with Gasteiger partial charge >= 0.3 is 0 Å². The molecule has 3 rings (SSSR count). The molecule has 2 aromatic rings. The average Bonchev–Trinajstić information content (AvgIpc) is 2.96. The number of amides is 2. The van der Waals surface area contributed by atoms with Gasteiger partial charge in [-0.2, -0.15) is 5.10 Å². The van der Waals surface area contributed by atoms with Crippen LogP contribution in [-0.2, 0) is 16.6 Å². The van der Waals surface area contributed by atoms with Gasteiger partial charge in [0.05, 0.1) is 24.0 Å². The molecule has 6 nitrogen and oxygen atoms in total. The fourth-order valence-corrected chi connectivity index (χ4v) is 2.29. The molecule has 102 valence electrons. The molecule has 0 bridgehead atoms. The second-order valence-electron chi connectivity index (χ2n) is 4.71. The third-order valence-corrected chi connectivity index (χ3v) is 3.21. The van der Waals surface area contributed by atoms with Crippen molar-refractivity contribution in [2.75, 3.05) is 10.2 Å². The molecule has 0 saturated carbocycles. The Morgan fingerprint density at radius 3 is 2.65 bits per heavy atom. The van der Waals surface area contributed by atoms with Crippen LogP contribution in [-0.4, -0.2) is 27.6 Å². The summed E-state index contributed by atoms with van der Waals surface area (Å²) in [7, 11) is 1.79. The van der Waals surface area contributed by atoms with E-state index >= 15 is 0 Å². The van der Waals surface area contributed by atoms with E-state index in [4.69, 9.17) is 0 Å². The van der Waals surface area contributed by atoms with Crippen molar-refractivity contribution in [2.45, 2.75) is 12.5 Å². The van der Waals surface area contributed by atoms with Crippen LogP contribution in [0, 0.1) is 0 Å². The maximum Gasteiger partial charge on any atom is 0.256 e. The van der Waals surface area contributed by atoms with Crippen LogP contribution in [0.3, 0.4) is 0 Å². The molecule has 1 fully saturated rings. The van der Waals surface area contributed by atoms with E-state index in [9.17, 15) is 9.59 Å². The largest absolute Gasteiger partial charge is 0.371 e. The molecular formula is C14H14N4O2. The first-order valence-electron chi connectivity index (χ1n) is 6.32. The Labute approximate surface area is 116 Å². The minimum atomic E-state index is -0.535. The molecule has 0 radical (unpaired) electrons. The molecule has 6 heteroatoms. The number of hydrogen-bond donors (Lipinski definition) is 1. The Morgan fingerprint density at radius 2 is 2.00 bits per heavy atom. The summed E-state index contributed by atoms with van der Waals surface area (Å²) in [6, 6.07) is 8.42. The molecule has 2 amide bonds. The maximum absolute atomic E-state index is 12.3. The van der Waals surface area contributed by atoms with Crippen LogP contribution in [0.15, 0.2) is 42.7 Å². The van der Waals surface area contributed by atoms with Crippen molar-refractivity contribution in [3.05, 3.63) is 42.7 Å². The molecule has 0 aliphatic carbocycles. The van der Waals surface area contributed by atoms with Crippen LogP contribution in [0.4, 0.5) is 11.4 Å². The summed E-state index contributed by atoms with van der Waals surface area (Å²) in [5, 5.41) is 7.07. The number of nitrogens with one attached hydrogen (secondary N) is 1. The monoisotopic (exact) mass is 270 g/mol. The van der Waals surface area contributed by atoms with E-state index in [2.05, 4.69) is 10.4 Å². The van der Waals surface area contributed by atoms with Crippen LogP contribution in [0.5, 0.6) is 0 Å². The molecular weight excluding hydrogens is 256 g/mol. The number of nitrogens with zero attached hydrogens (tertiary/aromatic N) is 3. The lowest BCUT2D eigenvalue weighted by atomic mass is 10.2. The fraction of sp³-hybridized carbons (Fsp3) is 0.214. The van der Waals surface area contributed by atoms with E-state index < -0.39 is 6.04 Å². The second kappa shape index (κ2) is 4.80. The van der Waals surface area contributed by atoms with Gasteiger partial charge in [0.15, 0.2) is 0 Å². The highest BCUT2D eigenvalue weighted by atomic mass is 16.2. The van der Waals surface area contributed by atoms with Gasteiger partial charge in [0.1, 0.15) is 6.04 Å². The van der Waals surface area contributed by atoms with Crippen LogP contribution >= 0.6 is 0 Å². The first-order chi connectivity index (χ1) is 9.65. The van der Waals surface area contributed by atoms with Gasteiger partial charge in [0, 0.05) is 13.2 Å². The van der Waals surface area contributed by atoms with E-state index in [0.29, 0.717) is 5.69 Å². The summed E-state index contributed by atoms with van der Waals surface area (Å²) in [4.78, 5) is 25.6. The highest BCUT2D eigenvalue weighted by molar-refractivity contribution is 6.23. The highest BCUT2D eigenvalue weighted by Gasteiger charge is 2.39. The lowest BCUT2D eigenvalue weighted by molar-refractivity contribution is -0.121. The Balaban J connectivity index is 1.80. The predicted molar refractivity (Wildman–Crippen MR) is 74.2 cm³/mol. The lowest BCUT2D eigenvalue weighted by Crippen LogP contribution is -2.34. The molecule has 1 saturated heterocycles. The molecule has 1 atom stereocenters. The fourth-order valence-electron chi connectivity index (χ4n) is 2.29. The number of carbonyl (C=O) groups excluding carboxylic acids is 2. The van der Waals surface area contributed by atoms with Gasteiger partial charge < -0.3 is 5.32 Å². The molecule has 1 aromatic heterocycles. The molecule has 1 aliphatic rings. The summed E-state index contributed by atoms with van der Waals surface area (Å²) >= 11 is 0. The van der Waals surface area contributed by atoms with Crippen LogP contribution in [0.2, 0.25) is 0 Å². The topological polar surface area (TPSA) is 67.2 Å². The number of anilines is 2. The van der Waals surface area contributed by atoms with Crippen molar-refractivity contribution in [1.29, 1.82) is 0 Å². The van der Waals surface area contributed by atoms with Gasteiger partial charge in [-0.3, -0.25) is 14.3 Å². The van der Waals surface area contributed by atoms with Crippen LogP contribution in [0.25, 0.3) is 0 Å². The molecule has 1 aliphatic heterocycles. The summed E-state index contributed by atoms with van der Waals surface area (Å²) in [5.41, 5.74) is 1.34. The Bertz CT molecular complexity index is 650. The second-order valence-corrected chi connectivity index (χ2v) is 4.71. The van der Waals surface area contributed by atoms with Gasteiger partial charge in [-0.05, 0) is 12.1 Å². The molecule has 20 heavy (non-hydrogen) atoms. The number of rotatable bonds is 3. The number of para-hydroxylation sites is 1. The number of imide groups is 1. The smallest absolute Gasteiger partial charge is 0.256 e. The SMILES string of the molecule is Cn1cc(NC2CC(=O)N(c3ccccc3)C2=O)cn1. The molecule has 1 aromatic carbocycles. The van der Waals surface area contributed by atoms with E-state index in [1.807, 2.05) is 6.07 Å². The number of aromatic nitrogens is 2. The number of aryl methyl sites for hydroxylation is 1. The van der Waals surface area contributed by atoms with E-state index in [-0.39, 0.29) is 18.2 Å². The summed E-state index contributed by atoms with van der Waals surface area (Å²) in [6.07, 6.45) is 3.55.